The van der Waals surface area contributed by atoms with Gasteiger partial charge in [-0.2, -0.15) is 0 Å². The van der Waals surface area contributed by atoms with Gasteiger partial charge in [0.1, 0.15) is 23.4 Å². The lowest BCUT2D eigenvalue weighted by atomic mass is 10.1. The van der Waals surface area contributed by atoms with Gasteiger partial charge in [0.15, 0.2) is 6.61 Å². The maximum Gasteiger partial charge on any atom is 0.258 e. The van der Waals surface area contributed by atoms with Crippen LogP contribution in [0.3, 0.4) is 0 Å². The second kappa shape index (κ2) is 9.08. The summed E-state index contributed by atoms with van der Waals surface area (Å²) in [7, 11) is 0. The van der Waals surface area contributed by atoms with Crippen molar-refractivity contribution in [3.8, 4) is 17.2 Å². The summed E-state index contributed by atoms with van der Waals surface area (Å²) in [6.45, 7) is 2.12. The summed E-state index contributed by atoms with van der Waals surface area (Å²) in [5.74, 6) is 1.80. The first-order chi connectivity index (χ1) is 15.6. The van der Waals surface area contributed by atoms with Crippen LogP contribution in [-0.2, 0) is 11.3 Å². The van der Waals surface area contributed by atoms with E-state index in [-0.39, 0.29) is 30.6 Å². The van der Waals surface area contributed by atoms with E-state index in [2.05, 4.69) is 16.0 Å². The lowest BCUT2D eigenvalue weighted by Gasteiger charge is -2.22. The third-order valence-electron chi connectivity index (χ3n) is 5.87. The van der Waals surface area contributed by atoms with Gasteiger partial charge >= 0.3 is 0 Å². The molecule has 0 spiro atoms. The highest BCUT2D eigenvalue weighted by atomic mass is 16.5. The van der Waals surface area contributed by atoms with Gasteiger partial charge in [0.25, 0.3) is 11.8 Å². The summed E-state index contributed by atoms with van der Waals surface area (Å²) in [5.41, 5.74) is 1.38. The topological polar surface area (TPSA) is 97.9 Å². The number of amides is 2. The smallest absolute Gasteiger partial charge is 0.258 e. The quantitative estimate of drug-likeness (QED) is 0.675. The van der Waals surface area contributed by atoms with Crippen molar-refractivity contribution in [3.63, 3.8) is 0 Å². The molecule has 32 heavy (non-hydrogen) atoms. The molecule has 2 aromatic carbocycles. The van der Waals surface area contributed by atoms with Crippen LogP contribution in [0.1, 0.15) is 28.8 Å². The van der Waals surface area contributed by atoms with Crippen LogP contribution in [0.2, 0.25) is 0 Å². The fourth-order valence-electron chi connectivity index (χ4n) is 3.80. The first-order valence-corrected chi connectivity index (χ1v) is 11.1. The zero-order valence-corrected chi connectivity index (χ0v) is 17.8. The van der Waals surface area contributed by atoms with Crippen molar-refractivity contribution in [3.05, 3.63) is 53.6 Å². The van der Waals surface area contributed by atoms with E-state index in [1.54, 1.807) is 18.2 Å². The van der Waals surface area contributed by atoms with Crippen LogP contribution in [0.4, 0.5) is 0 Å². The fourth-order valence-corrected chi connectivity index (χ4v) is 3.80. The highest BCUT2D eigenvalue weighted by Gasteiger charge is 2.31. The van der Waals surface area contributed by atoms with Crippen molar-refractivity contribution in [1.29, 1.82) is 0 Å². The van der Waals surface area contributed by atoms with Crippen molar-refractivity contribution in [2.45, 2.75) is 31.5 Å². The molecule has 0 radical (unpaired) electrons. The Bertz CT molecular complexity index is 990. The summed E-state index contributed by atoms with van der Waals surface area (Å²) in [5, 5.41) is 9.20. The normalized spacial score (nSPS) is 23.2. The molecule has 4 aliphatic rings. The molecule has 8 heteroatoms. The lowest BCUT2D eigenvalue weighted by molar-refractivity contribution is -0.123. The van der Waals surface area contributed by atoms with Crippen molar-refractivity contribution in [2.24, 2.45) is 5.92 Å². The Labute approximate surface area is 186 Å². The molecule has 3 heterocycles. The molecule has 2 fully saturated rings. The van der Waals surface area contributed by atoms with Gasteiger partial charge in [-0.05, 0) is 48.6 Å². The minimum Gasteiger partial charge on any atom is -0.493 e. The number of nitrogens with one attached hydrogen (secondary N) is 3. The number of rotatable bonds is 3. The number of carbonyl (C=O) groups is 2. The van der Waals surface area contributed by atoms with Gasteiger partial charge in [0.05, 0.1) is 12.6 Å². The van der Waals surface area contributed by atoms with Crippen molar-refractivity contribution in [1.82, 2.24) is 16.0 Å². The largest absolute Gasteiger partial charge is 0.493 e. The van der Waals surface area contributed by atoms with E-state index in [0.29, 0.717) is 49.2 Å². The van der Waals surface area contributed by atoms with Crippen LogP contribution in [0, 0.1) is 5.92 Å². The second-order valence-corrected chi connectivity index (χ2v) is 8.55. The highest BCUT2D eigenvalue weighted by molar-refractivity contribution is 5.95. The molecule has 1 aliphatic carbocycles. The molecular formula is C24H27N3O5. The fraction of sp³-hybridized carbons (Fsp3) is 0.417. The third-order valence-corrected chi connectivity index (χ3v) is 5.87. The van der Waals surface area contributed by atoms with E-state index in [1.807, 2.05) is 24.3 Å². The Morgan fingerprint density at radius 1 is 1.00 bits per heavy atom. The van der Waals surface area contributed by atoms with Crippen LogP contribution in [0.25, 0.3) is 0 Å². The van der Waals surface area contributed by atoms with Gasteiger partial charge in [-0.15, -0.1) is 0 Å². The molecule has 8 nitrogen and oxygen atoms in total. The van der Waals surface area contributed by atoms with Crippen molar-refractivity contribution >= 4 is 11.8 Å². The Hall–Kier alpha value is -3.26. The lowest BCUT2D eigenvalue weighted by Crippen LogP contribution is -2.45. The van der Waals surface area contributed by atoms with Gasteiger partial charge in [-0.25, -0.2) is 0 Å². The molecule has 3 aliphatic heterocycles. The Morgan fingerprint density at radius 2 is 1.84 bits per heavy atom. The standard InChI is InChI=1S/C24H27N3O5/c28-23-14-31-20-8-17(7-19(9-20)30-13-16-1-2-16)24(29)27-21-11-25-12-22(21)32-18-5-3-15(4-6-18)10-26-23/h3-9,16,21-22,25H,1-2,10-14H2,(H,26,28)(H,27,29)/t21-,22-/m0/s1. The van der Waals surface area contributed by atoms with Crippen LogP contribution in [-0.4, -0.2) is 50.3 Å². The van der Waals surface area contributed by atoms with E-state index in [1.165, 1.54) is 12.8 Å². The molecule has 6 rings (SSSR count). The number of fused-ring (bicyclic) bond motifs is 7. The Balaban J connectivity index is 1.40. The molecule has 2 amide bonds. The first-order valence-electron chi connectivity index (χ1n) is 11.1. The van der Waals surface area contributed by atoms with E-state index >= 15 is 0 Å². The van der Waals surface area contributed by atoms with Crippen molar-refractivity contribution < 1.29 is 23.8 Å². The van der Waals surface area contributed by atoms with Gasteiger partial charge in [0, 0.05) is 31.3 Å². The minimum atomic E-state index is -0.245. The predicted molar refractivity (Wildman–Crippen MR) is 117 cm³/mol. The van der Waals surface area contributed by atoms with Crippen molar-refractivity contribution in [2.75, 3.05) is 26.3 Å². The molecule has 2 atom stereocenters. The maximum absolute atomic E-state index is 13.1. The average molecular weight is 437 g/mol. The maximum atomic E-state index is 13.1. The molecule has 3 N–H and O–H groups in total. The van der Waals surface area contributed by atoms with Gasteiger partial charge < -0.3 is 30.2 Å². The van der Waals surface area contributed by atoms with Gasteiger partial charge in [-0.1, -0.05) is 12.1 Å². The van der Waals surface area contributed by atoms with E-state index < -0.39 is 0 Å². The molecule has 1 saturated heterocycles. The summed E-state index contributed by atoms with van der Waals surface area (Å²) in [6.07, 6.45) is 2.15. The summed E-state index contributed by atoms with van der Waals surface area (Å²) in [4.78, 5) is 25.3. The molecular weight excluding hydrogens is 410 g/mol. The van der Waals surface area contributed by atoms with Crippen LogP contribution < -0.4 is 30.2 Å². The zero-order chi connectivity index (χ0) is 21.9. The molecule has 4 bridgehead atoms. The molecule has 168 valence electrons. The number of benzene rings is 2. The average Bonchev–Trinajstić information content (AvgIpc) is 3.54. The van der Waals surface area contributed by atoms with E-state index in [4.69, 9.17) is 14.2 Å². The highest BCUT2D eigenvalue weighted by Crippen LogP contribution is 2.31. The number of hydrogen-bond donors (Lipinski definition) is 3. The summed E-state index contributed by atoms with van der Waals surface area (Å²) >= 11 is 0. The third kappa shape index (κ3) is 5.13. The minimum absolute atomic E-state index is 0.150. The predicted octanol–water partition coefficient (Wildman–Crippen LogP) is 1.63. The van der Waals surface area contributed by atoms with E-state index in [9.17, 15) is 9.59 Å². The number of carbonyl (C=O) groups excluding carboxylic acids is 2. The van der Waals surface area contributed by atoms with E-state index in [0.717, 1.165) is 11.3 Å². The van der Waals surface area contributed by atoms with Crippen LogP contribution in [0.15, 0.2) is 42.5 Å². The molecule has 2 aromatic rings. The SMILES string of the molecule is O=C1COc2cc(OCC3CC3)cc(c2)C(=O)N[C@H]2CNC[C@@H]2Oc2ccc(cc2)CN1. The molecule has 0 unspecified atom stereocenters. The van der Waals surface area contributed by atoms with Crippen LogP contribution in [0.5, 0.6) is 17.2 Å². The number of ether oxygens (including phenoxy) is 3. The van der Waals surface area contributed by atoms with Gasteiger partial charge in [-0.3, -0.25) is 9.59 Å². The van der Waals surface area contributed by atoms with Crippen LogP contribution >= 0.6 is 0 Å². The first kappa shape index (κ1) is 20.6. The Morgan fingerprint density at radius 3 is 2.66 bits per heavy atom. The number of hydrogen-bond acceptors (Lipinski definition) is 6. The second-order valence-electron chi connectivity index (χ2n) is 8.55. The molecule has 0 aromatic heterocycles. The molecule has 1 saturated carbocycles. The Kier molecular flexibility index (Phi) is 5.85. The summed E-state index contributed by atoms with van der Waals surface area (Å²) < 4.78 is 17.7. The monoisotopic (exact) mass is 437 g/mol. The summed E-state index contributed by atoms with van der Waals surface area (Å²) in [6, 6.07) is 12.5. The zero-order valence-electron chi connectivity index (χ0n) is 17.8. The van der Waals surface area contributed by atoms with Gasteiger partial charge in [0.2, 0.25) is 0 Å².